The van der Waals surface area contributed by atoms with Gasteiger partial charge in [0.05, 0.1) is 18.3 Å². The van der Waals surface area contributed by atoms with Crippen molar-refractivity contribution in [2.24, 2.45) is 5.92 Å². The Hall–Kier alpha value is -2.18. The first-order valence-corrected chi connectivity index (χ1v) is 11.5. The van der Waals surface area contributed by atoms with Crippen molar-refractivity contribution in [2.45, 2.75) is 50.5 Å². The minimum Gasteiger partial charge on any atom is -0.345 e. The van der Waals surface area contributed by atoms with Crippen LogP contribution in [0.4, 0.5) is 8.78 Å². The highest BCUT2D eigenvalue weighted by Crippen LogP contribution is 2.42. The molecule has 162 valence electrons. The van der Waals surface area contributed by atoms with E-state index in [1.54, 1.807) is 12.4 Å². The van der Waals surface area contributed by atoms with Crippen LogP contribution in [-0.4, -0.2) is 62.3 Å². The van der Waals surface area contributed by atoms with E-state index in [4.69, 9.17) is 0 Å². The largest absolute Gasteiger partial charge is 0.345 e. The number of nitrogens with zero attached hydrogens (tertiary/aromatic N) is 5. The third-order valence-electron chi connectivity index (χ3n) is 6.31. The molecule has 1 saturated carbocycles. The molecule has 0 bridgehead atoms. The van der Waals surface area contributed by atoms with Crippen molar-refractivity contribution in [2.75, 3.05) is 13.1 Å². The van der Waals surface area contributed by atoms with Gasteiger partial charge >= 0.3 is 0 Å². The Morgan fingerprint density at radius 3 is 2.90 bits per heavy atom. The number of aromatic nitrogens is 5. The van der Waals surface area contributed by atoms with Gasteiger partial charge in [0, 0.05) is 31.1 Å². The van der Waals surface area contributed by atoms with E-state index in [0.29, 0.717) is 18.5 Å². The molecule has 1 unspecified atom stereocenters. The first kappa shape index (κ1) is 19.8. The number of hydrogen-bond acceptors (Lipinski definition) is 5. The van der Waals surface area contributed by atoms with Crippen LogP contribution in [0.25, 0.3) is 16.8 Å². The maximum absolute atomic E-state index is 13.5. The van der Waals surface area contributed by atoms with Crippen molar-refractivity contribution < 1.29 is 17.2 Å². The van der Waals surface area contributed by atoms with Gasteiger partial charge in [-0.1, -0.05) is 13.3 Å². The average molecular weight is 439 g/mol. The van der Waals surface area contributed by atoms with E-state index in [-0.39, 0.29) is 24.4 Å². The molecular formula is C18H23F2N7O2S. The Labute approximate surface area is 172 Å². The molecule has 5 rings (SSSR count). The summed E-state index contributed by atoms with van der Waals surface area (Å²) in [6.07, 6.45) is 5.03. The minimum absolute atomic E-state index is 0.00165. The smallest absolute Gasteiger partial charge is 0.279 e. The lowest BCUT2D eigenvalue weighted by molar-refractivity contribution is 0.0182. The molecule has 1 aliphatic heterocycles. The Balaban J connectivity index is 1.42. The number of fused-ring (bicyclic) bond motifs is 3. The zero-order valence-corrected chi connectivity index (χ0v) is 17.2. The van der Waals surface area contributed by atoms with E-state index >= 15 is 0 Å². The van der Waals surface area contributed by atoms with Crippen molar-refractivity contribution in [1.29, 1.82) is 0 Å². The molecule has 30 heavy (non-hydrogen) atoms. The van der Waals surface area contributed by atoms with Crippen molar-refractivity contribution in [3.8, 4) is 0 Å². The average Bonchev–Trinajstić information content (AvgIpc) is 3.44. The first-order valence-electron chi connectivity index (χ1n) is 10.1. The van der Waals surface area contributed by atoms with E-state index in [0.717, 1.165) is 27.7 Å². The number of rotatable bonds is 5. The van der Waals surface area contributed by atoms with Crippen molar-refractivity contribution in [3.05, 3.63) is 24.3 Å². The molecule has 2 fully saturated rings. The summed E-state index contributed by atoms with van der Waals surface area (Å²) in [6, 6.07) is 1.57. The number of hydrogen-bond donors (Lipinski definition) is 2. The zero-order chi connectivity index (χ0) is 21.1. The van der Waals surface area contributed by atoms with Crippen LogP contribution in [0, 0.1) is 5.92 Å². The molecule has 2 N–H and O–H groups in total. The lowest BCUT2D eigenvalue weighted by atomic mass is 9.93. The number of aromatic amines is 1. The molecule has 3 atom stereocenters. The second-order valence-electron chi connectivity index (χ2n) is 8.23. The fraction of sp³-hybridized carbons (Fsp3) is 0.611. The highest BCUT2D eigenvalue weighted by atomic mass is 32.2. The molecule has 0 spiro atoms. The lowest BCUT2D eigenvalue weighted by Gasteiger charge is -2.20. The predicted molar refractivity (Wildman–Crippen MR) is 105 cm³/mol. The van der Waals surface area contributed by atoms with Crippen LogP contribution in [-0.2, 0) is 10.2 Å². The zero-order valence-electron chi connectivity index (χ0n) is 16.4. The van der Waals surface area contributed by atoms with Gasteiger partial charge in [-0.3, -0.25) is 4.40 Å². The quantitative estimate of drug-likeness (QED) is 0.633. The highest BCUT2D eigenvalue weighted by molar-refractivity contribution is 7.87. The van der Waals surface area contributed by atoms with E-state index in [9.17, 15) is 17.2 Å². The highest BCUT2D eigenvalue weighted by Gasteiger charge is 2.45. The van der Waals surface area contributed by atoms with Crippen LogP contribution in [0.3, 0.4) is 0 Å². The molecule has 4 heterocycles. The van der Waals surface area contributed by atoms with Gasteiger partial charge in [0.25, 0.3) is 16.1 Å². The fourth-order valence-electron chi connectivity index (χ4n) is 4.82. The maximum Gasteiger partial charge on any atom is 0.279 e. The number of H-pyrrole nitrogens is 1. The van der Waals surface area contributed by atoms with Gasteiger partial charge < -0.3 is 4.98 Å². The van der Waals surface area contributed by atoms with Gasteiger partial charge in [0.15, 0.2) is 11.3 Å². The van der Waals surface area contributed by atoms with Crippen molar-refractivity contribution in [1.82, 2.24) is 33.6 Å². The molecule has 0 amide bonds. The molecular weight excluding hydrogens is 416 g/mol. The van der Waals surface area contributed by atoms with Crippen LogP contribution in [0.15, 0.2) is 18.5 Å². The van der Waals surface area contributed by atoms with Crippen LogP contribution in [0.2, 0.25) is 0 Å². The Morgan fingerprint density at radius 2 is 2.17 bits per heavy atom. The van der Waals surface area contributed by atoms with Crippen LogP contribution < -0.4 is 4.72 Å². The van der Waals surface area contributed by atoms with Crippen LogP contribution in [0.5, 0.6) is 0 Å². The standard InChI is InChI=1S/C18H23F2N7O2S/c1-2-11-7-12(25-30(28,29)26-6-4-18(19,20)10-26)8-13(11)17-24-23-15-9-22-16-14(27(15)17)3-5-21-16/h3,5,9,11-13,21,25H,2,4,6-8,10H2,1H3/t11-,12+,13?/m1/s1. The number of alkyl halides is 2. The second kappa shape index (κ2) is 6.92. The van der Waals surface area contributed by atoms with Crippen LogP contribution in [0.1, 0.15) is 44.3 Å². The SMILES string of the molecule is CC[C@@H]1C[C@H](NS(=O)(=O)N2CCC(F)(F)C2)CC1c1nnc2cnc3[nH]ccc3n12. The topological polar surface area (TPSA) is 108 Å². The Kier molecular flexibility index (Phi) is 4.56. The van der Waals surface area contributed by atoms with Crippen molar-refractivity contribution in [3.63, 3.8) is 0 Å². The third kappa shape index (κ3) is 3.26. The molecule has 0 aromatic carbocycles. The van der Waals surface area contributed by atoms with Gasteiger partial charge in [0.2, 0.25) is 0 Å². The Bertz CT molecular complexity index is 1190. The van der Waals surface area contributed by atoms with Gasteiger partial charge in [-0.05, 0) is 24.8 Å². The minimum atomic E-state index is -3.96. The monoisotopic (exact) mass is 439 g/mol. The van der Waals surface area contributed by atoms with E-state index in [1.165, 1.54) is 0 Å². The molecule has 2 aliphatic rings. The third-order valence-corrected chi connectivity index (χ3v) is 7.93. The number of nitrogens with one attached hydrogen (secondary N) is 2. The fourth-order valence-corrected chi connectivity index (χ4v) is 6.27. The summed E-state index contributed by atoms with van der Waals surface area (Å²) >= 11 is 0. The normalized spacial score (nSPS) is 27.5. The summed E-state index contributed by atoms with van der Waals surface area (Å²) in [6.45, 7) is 1.14. The summed E-state index contributed by atoms with van der Waals surface area (Å²) in [5.74, 6) is -1.99. The van der Waals surface area contributed by atoms with Crippen molar-refractivity contribution >= 4 is 27.0 Å². The summed E-state index contributed by atoms with van der Waals surface area (Å²) < 4.78 is 57.8. The molecule has 1 saturated heterocycles. The van der Waals surface area contributed by atoms with Gasteiger partial charge in [-0.2, -0.15) is 17.4 Å². The molecule has 12 heteroatoms. The molecule has 9 nitrogen and oxygen atoms in total. The number of halogens is 2. The molecule has 3 aromatic heterocycles. The summed E-state index contributed by atoms with van der Waals surface area (Å²) in [4.78, 5) is 7.41. The van der Waals surface area contributed by atoms with Gasteiger partial charge in [-0.25, -0.2) is 13.8 Å². The van der Waals surface area contributed by atoms with Gasteiger partial charge in [-0.15, -0.1) is 10.2 Å². The second-order valence-corrected chi connectivity index (χ2v) is 9.93. The Morgan fingerprint density at radius 1 is 1.33 bits per heavy atom. The summed E-state index contributed by atoms with van der Waals surface area (Å²) in [5, 5.41) is 8.65. The summed E-state index contributed by atoms with van der Waals surface area (Å²) in [5.41, 5.74) is 2.22. The van der Waals surface area contributed by atoms with E-state index < -0.39 is 29.1 Å². The molecule has 1 aliphatic carbocycles. The maximum atomic E-state index is 13.5. The van der Waals surface area contributed by atoms with Crippen LogP contribution >= 0.6 is 0 Å². The lowest BCUT2D eigenvalue weighted by Crippen LogP contribution is -2.44. The van der Waals surface area contributed by atoms with E-state index in [1.807, 2.05) is 10.5 Å². The summed E-state index contributed by atoms with van der Waals surface area (Å²) in [7, 11) is -3.96. The van der Waals surface area contributed by atoms with Gasteiger partial charge in [0.1, 0.15) is 5.82 Å². The van der Waals surface area contributed by atoms with E-state index in [2.05, 4.69) is 31.8 Å². The predicted octanol–water partition coefficient (Wildman–Crippen LogP) is 2.05. The first-order chi connectivity index (χ1) is 14.3. The molecule has 0 radical (unpaired) electrons. The molecule has 3 aromatic rings.